The van der Waals surface area contributed by atoms with Crippen molar-refractivity contribution in [2.75, 3.05) is 13.6 Å². The van der Waals surface area contributed by atoms with Gasteiger partial charge in [-0.3, -0.25) is 9.59 Å². The van der Waals surface area contributed by atoms with Crippen LogP contribution in [-0.2, 0) is 16.8 Å². The maximum atomic E-state index is 14.2. The average Bonchev–Trinajstić information content (AvgIpc) is 3.27. The molecule has 2 fully saturated rings. The number of benzene rings is 1. The second-order valence-corrected chi connectivity index (χ2v) is 7.50. The number of alkyl halides is 2. The molecule has 2 aliphatic rings. The Morgan fingerprint density at radius 1 is 1.25 bits per heavy atom. The lowest BCUT2D eigenvalue weighted by Gasteiger charge is -2.28. The van der Waals surface area contributed by atoms with E-state index >= 15 is 0 Å². The number of carbonyl (C=O) groups excluding carboxylic acids is 2. The minimum absolute atomic E-state index is 0.0657. The molecule has 1 N–H and O–H groups in total. The number of nitrogens with zero attached hydrogens (tertiary/aromatic N) is 4. The lowest BCUT2D eigenvalue weighted by Crippen LogP contribution is -2.44. The Labute approximate surface area is 160 Å². The van der Waals surface area contributed by atoms with E-state index in [-0.39, 0.29) is 18.1 Å². The third-order valence-electron chi connectivity index (χ3n) is 5.52. The molecule has 2 heterocycles. The highest BCUT2D eigenvalue weighted by Gasteiger charge is 2.57. The molecule has 2 aromatic rings. The molecule has 0 spiro atoms. The van der Waals surface area contributed by atoms with Crippen molar-refractivity contribution in [3.05, 3.63) is 47.8 Å². The SMILES string of the molecule is CNC(=O)c1cn(C[C@@H]2CC(F)(F)CN2C(=O)C2(c3ccccc3)CC2)nn1. The van der Waals surface area contributed by atoms with E-state index < -0.39 is 36.3 Å². The molecule has 7 nitrogen and oxygen atoms in total. The summed E-state index contributed by atoms with van der Waals surface area (Å²) in [6.07, 6.45) is 2.30. The van der Waals surface area contributed by atoms with E-state index in [1.807, 2.05) is 30.3 Å². The van der Waals surface area contributed by atoms with Gasteiger partial charge in [-0.05, 0) is 18.4 Å². The highest BCUT2D eigenvalue weighted by atomic mass is 19.3. The van der Waals surface area contributed by atoms with E-state index in [1.165, 1.54) is 22.8 Å². The number of hydrogen-bond acceptors (Lipinski definition) is 4. The predicted molar refractivity (Wildman–Crippen MR) is 95.8 cm³/mol. The molecular formula is C19H21F2N5O2. The topological polar surface area (TPSA) is 80.1 Å². The Kier molecular flexibility index (Phi) is 4.40. The van der Waals surface area contributed by atoms with Gasteiger partial charge in [-0.2, -0.15) is 0 Å². The molecule has 0 unspecified atom stereocenters. The van der Waals surface area contributed by atoms with Gasteiger partial charge in [0.15, 0.2) is 5.69 Å². The van der Waals surface area contributed by atoms with Gasteiger partial charge in [0.2, 0.25) is 5.91 Å². The van der Waals surface area contributed by atoms with Crippen LogP contribution >= 0.6 is 0 Å². The van der Waals surface area contributed by atoms with Gasteiger partial charge < -0.3 is 10.2 Å². The van der Waals surface area contributed by atoms with Crippen LogP contribution in [-0.4, -0.2) is 57.3 Å². The van der Waals surface area contributed by atoms with Crippen molar-refractivity contribution < 1.29 is 18.4 Å². The minimum atomic E-state index is -2.95. The lowest BCUT2D eigenvalue weighted by atomic mass is 9.94. The average molecular weight is 389 g/mol. The van der Waals surface area contributed by atoms with Crippen molar-refractivity contribution in [1.82, 2.24) is 25.2 Å². The summed E-state index contributed by atoms with van der Waals surface area (Å²) < 4.78 is 29.8. The van der Waals surface area contributed by atoms with Crippen LogP contribution in [0.4, 0.5) is 8.78 Å². The molecule has 1 aromatic carbocycles. The molecular weight excluding hydrogens is 368 g/mol. The fourth-order valence-electron chi connectivity index (χ4n) is 3.92. The van der Waals surface area contributed by atoms with E-state index in [2.05, 4.69) is 15.6 Å². The van der Waals surface area contributed by atoms with Crippen LogP contribution in [0, 0.1) is 0 Å². The number of aromatic nitrogens is 3. The monoisotopic (exact) mass is 389 g/mol. The van der Waals surface area contributed by atoms with Crippen LogP contribution in [0.1, 0.15) is 35.3 Å². The van der Waals surface area contributed by atoms with Gasteiger partial charge in [0.05, 0.1) is 30.7 Å². The van der Waals surface area contributed by atoms with Gasteiger partial charge in [-0.1, -0.05) is 35.5 Å². The number of amides is 2. The number of carbonyl (C=O) groups is 2. The first-order valence-electron chi connectivity index (χ1n) is 9.21. The number of nitrogens with one attached hydrogen (secondary N) is 1. The Balaban J connectivity index is 1.56. The van der Waals surface area contributed by atoms with Gasteiger partial charge in [-0.25, -0.2) is 13.5 Å². The summed E-state index contributed by atoms with van der Waals surface area (Å²) in [5, 5.41) is 10.0. The molecule has 1 saturated heterocycles. The number of likely N-dealkylation sites (tertiary alicyclic amines) is 1. The van der Waals surface area contributed by atoms with Crippen molar-refractivity contribution >= 4 is 11.8 Å². The van der Waals surface area contributed by atoms with Crippen molar-refractivity contribution in [3.63, 3.8) is 0 Å². The zero-order valence-corrected chi connectivity index (χ0v) is 15.4. The zero-order valence-electron chi connectivity index (χ0n) is 15.4. The first kappa shape index (κ1) is 18.5. The normalized spacial score (nSPS) is 22.1. The summed E-state index contributed by atoms with van der Waals surface area (Å²) in [4.78, 5) is 26.2. The van der Waals surface area contributed by atoms with Gasteiger partial charge in [0.1, 0.15) is 0 Å². The Morgan fingerprint density at radius 3 is 2.61 bits per heavy atom. The quantitative estimate of drug-likeness (QED) is 0.843. The number of hydrogen-bond donors (Lipinski definition) is 1. The maximum absolute atomic E-state index is 14.2. The Morgan fingerprint density at radius 2 is 1.96 bits per heavy atom. The molecule has 1 saturated carbocycles. The van der Waals surface area contributed by atoms with E-state index in [1.54, 1.807) is 0 Å². The van der Waals surface area contributed by atoms with Gasteiger partial charge >= 0.3 is 0 Å². The van der Waals surface area contributed by atoms with Crippen molar-refractivity contribution in [3.8, 4) is 0 Å². The molecule has 2 amide bonds. The maximum Gasteiger partial charge on any atom is 0.273 e. The highest BCUT2D eigenvalue weighted by Crippen LogP contribution is 2.51. The van der Waals surface area contributed by atoms with Crippen LogP contribution in [0.3, 0.4) is 0 Å². The molecule has 0 bridgehead atoms. The van der Waals surface area contributed by atoms with Crippen LogP contribution in [0.5, 0.6) is 0 Å². The van der Waals surface area contributed by atoms with Crippen molar-refractivity contribution in [2.24, 2.45) is 0 Å². The molecule has 1 aliphatic heterocycles. The second-order valence-electron chi connectivity index (χ2n) is 7.50. The van der Waals surface area contributed by atoms with Gasteiger partial charge in [0.25, 0.3) is 11.8 Å². The molecule has 28 heavy (non-hydrogen) atoms. The van der Waals surface area contributed by atoms with Crippen LogP contribution < -0.4 is 5.32 Å². The van der Waals surface area contributed by atoms with E-state index in [9.17, 15) is 18.4 Å². The van der Waals surface area contributed by atoms with Crippen LogP contribution in [0.25, 0.3) is 0 Å². The molecule has 4 rings (SSSR count). The first-order chi connectivity index (χ1) is 13.3. The van der Waals surface area contributed by atoms with Crippen LogP contribution in [0.15, 0.2) is 36.5 Å². The Hall–Kier alpha value is -2.84. The van der Waals surface area contributed by atoms with Crippen LogP contribution in [0.2, 0.25) is 0 Å². The summed E-state index contributed by atoms with van der Waals surface area (Å²) in [5.74, 6) is -3.61. The molecule has 1 aromatic heterocycles. The fourth-order valence-corrected chi connectivity index (χ4v) is 3.92. The lowest BCUT2D eigenvalue weighted by molar-refractivity contribution is -0.136. The fraction of sp³-hybridized carbons (Fsp3) is 0.474. The van der Waals surface area contributed by atoms with E-state index in [0.29, 0.717) is 12.8 Å². The molecule has 1 aliphatic carbocycles. The standard InChI is InChI=1S/C19H21F2N5O2/c1-22-16(27)15-11-25(24-23-15)10-14-9-19(20,21)12-26(14)17(28)18(7-8-18)13-5-3-2-4-6-13/h2-6,11,14H,7-10,12H2,1H3,(H,22,27)/t14-/m0/s1. The molecule has 1 atom stereocenters. The highest BCUT2D eigenvalue weighted by molar-refractivity contribution is 5.92. The zero-order chi connectivity index (χ0) is 19.9. The first-order valence-corrected chi connectivity index (χ1v) is 9.21. The number of halogens is 2. The molecule has 9 heteroatoms. The smallest absolute Gasteiger partial charge is 0.273 e. The summed E-state index contributed by atoms with van der Waals surface area (Å²) in [5.41, 5.74) is 0.278. The summed E-state index contributed by atoms with van der Waals surface area (Å²) in [7, 11) is 1.47. The predicted octanol–water partition coefficient (Wildman–Crippen LogP) is 1.61. The third kappa shape index (κ3) is 3.25. The minimum Gasteiger partial charge on any atom is -0.354 e. The molecule has 148 valence electrons. The van der Waals surface area contributed by atoms with Gasteiger partial charge in [-0.15, -0.1) is 5.10 Å². The number of rotatable bonds is 5. The summed E-state index contributed by atoms with van der Waals surface area (Å²) >= 11 is 0. The Bertz CT molecular complexity index is 895. The van der Waals surface area contributed by atoms with E-state index in [4.69, 9.17) is 0 Å². The largest absolute Gasteiger partial charge is 0.354 e. The summed E-state index contributed by atoms with van der Waals surface area (Å²) in [6.45, 7) is -0.529. The van der Waals surface area contributed by atoms with Gasteiger partial charge in [0, 0.05) is 13.5 Å². The van der Waals surface area contributed by atoms with E-state index in [0.717, 1.165) is 5.56 Å². The molecule has 0 radical (unpaired) electrons. The second kappa shape index (κ2) is 6.65. The van der Waals surface area contributed by atoms with Crippen molar-refractivity contribution in [2.45, 2.75) is 43.2 Å². The third-order valence-corrected chi connectivity index (χ3v) is 5.52. The summed E-state index contributed by atoms with van der Waals surface area (Å²) in [6, 6.07) is 8.62. The van der Waals surface area contributed by atoms with Crippen molar-refractivity contribution in [1.29, 1.82) is 0 Å².